The minimum absolute atomic E-state index is 0.286. The van der Waals surface area contributed by atoms with E-state index in [0.717, 1.165) is 5.56 Å². The Kier molecular flexibility index (Phi) is 7.67. The predicted molar refractivity (Wildman–Crippen MR) is 76.1 cm³/mol. The number of nitrogens with zero attached hydrogens (tertiary/aromatic N) is 1. The molecule has 1 aromatic carbocycles. The van der Waals surface area contributed by atoms with Crippen LogP contribution in [0.25, 0.3) is 0 Å². The lowest BCUT2D eigenvalue weighted by molar-refractivity contribution is 0.00242. The van der Waals surface area contributed by atoms with Gasteiger partial charge in [-0.05, 0) is 19.5 Å². The van der Waals surface area contributed by atoms with Crippen LogP contribution in [0.15, 0.2) is 30.3 Å². The van der Waals surface area contributed by atoms with E-state index in [1.807, 2.05) is 37.4 Å². The standard InChI is InChI=1S/C15H25NO3/c1-13(10-18-3)16(2)9-15(17)12-19-11-14-7-5-4-6-8-14/h4-8,13,15,17H,9-12H2,1-3H3. The molecule has 0 aliphatic rings. The maximum absolute atomic E-state index is 9.91. The third-order valence-corrected chi connectivity index (χ3v) is 3.08. The Balaban J connectivity index is 2.19. The number of methoxy groups -OCH3 is 1. The van der Waals surface area contributed by atoms with Crippen LogP contribution < -0.4 is 0 Å². The van der Waals surface area contributed by atoms with Gasteiger partial charge >= 0.3 is 0 Å². The van der Waals surface area contributed by atoms with Crippen LogP contribution >= 0.6 is 0 Å². The van der Waals surface area contributed by atoms with Crippen LogP contribution in [-0.4, -0.2) is 56.1 Å². The first kappa shape index (κ1) is 16.1. The summed E-state index contributed by atoms with van der Waals surface area (Å²) in [6, 6.07) is 10.3. The molecule has 108 valence electrons. The van der Waals surface area contributed by atoms with E-state index in [1.54, 1.807) is 7.11 Å². The molecule has 1 N–H and O–H groups in total. The van der Waals surface area contributed by atoms with Crippen molar-refractivity contribution >= 4 is 0 Å². The Morgan fingerprint density at radius 2 is 1.89 bits per heavy atom. The van der Waals surface area contributed by atoms with Crippen LogP contribution in [0.4, 0.5) is 0 Å². The first-order chi connectivity index (χ1) is 9.13. The second-order valence-corrected chi connectivity index (χ2v) is 4.90. The molecule has 4 heteroatoms. The van der Waals surface area contributed by atoms with Crippen LogP contribution in [0, 0.1) is 0 Å². The van der Waals surface area contributed by atoms with Crippen molar-refractivity contribution in [2.45, 2.75) is 25.7 Å². The van der Waals surface area contributed by atoms with Crippen molar-refractivity contribution in [3.63, 3.8) is 0 Å². The summed E-state index contributed by atoms with van der Waals surface area (Å²) in [4.78, 5) is 2.07. The first-order valence-electron chi connectivity index (χ1n) is 6.62. The molecule has 0 aromatic heterocycles. The molecule has 0 heterocycles. The zero-order valence-corrected chi connectivity index (χ0v) is 12.1. The molecule has 0 aliphatic heterocycles. The normalized spacial score (nSPS) is 14.6. The van der Waals surface area contributed by atoms with Gasteiger partial charge in [0.1, 0.15) is 0 Å². The van der Waals surface area contributed by atoms with Gasteiger partial charge < -0.3 is 14.6 Å². The maximum atomic E-state index is 9.91. The van der Waals surface area contributed by atoms with Gasteiger partial charge in [-0.25, -0.2) is 0 Å². The van der Waals surface area contributed by atoms with E-state index in [4.69, 9.17) is 9.47 Å². The number of aliphatic hydroxyl groups is 1. The minimum atomic E-state index is -0.479. The Morgan fingerprint density at radius 1 is 1.21 bits per heavy atom. The van der Waals surface area contributed by atoms with Gasteiger partial charge in [0, 0.05) is 19.7 Å². The van der Waals surface area contributed by atoms with E-state index in [0.29, 0.717) is 26.4 Å². The smallest absolute Gasteiger partial charge is 0.0900 e. The molecule has 0 saturated carbocycles. The number of benzene rings is 1. The third kappa shape index (κ3) is 6.68. The van der Waals surface area contributed by atoms with Gasteiger partial charge in [0.25, 0.3) is 0 Å². The van der Waals surface area contributed by atoms with E-state index in [1.165, 1.54) is 0 Å². The van der Waals surface area contributed by atoms with Gasteiger partial charge in [-0.2, -0.15) is 0 Å². The first-order valence-corrected chi connectivity index (χ1v) is 6.62. The molecule has 19 heavy (non-hydrogen) atoms. The summed E-state index contributed by atoms with van der Waals surface area (Å²) in [5.41, 5.74) is 1.12. The molecule has 0 spiro atoms. The van der Waals surface area contributed by atoms with E-state index >= 15 is 0 Å². The maximum Gasteiger partial charge on any atom is 0.0900 e. The van der Waals surface area contributed by atoms with Crippen LogP contribution in [0.1, 0.15) is 12.5 Å². The highest BCUT2D eigenvalue weighted by molar-refractivity contribution is 5.13. The van der Waals surface area contributed by atoms with Crippen LogP contribution in [-0.2, 0) is 16.1 Å². The van der Waals surface area contributed by atoms with E-state index in [-0.39, 0.29) is 6.04 Å². The van der Waals surface area contributed by atoms with E-state index < -0.39 is 6.10 Å². The monoisotopic (exact) mass is 267 g/mol. The molecule has 2 unspecified atom stereocenters. The summed E-state index contributed by atoms with van der Waals surface area (Å²) in [6.07, 6.45) is -0.479. The Labute approximate surface area is 115 Å². The van der Waals surface area contributed by atoms with Crippen molar-refractivity contribution in [3.05, 3.63) is 35.9 Å². The van der Waals surface area contributed by atoms with Crippen molar-refractivity contribution < 1.29 is 14.6 Å². The third-order valence-electron chi connectivity index (χ3n) is 3.08. The number of rotatable bonds is 9. The average Bonchev–Trinajstić information content (AvgIpc) is 2.40. The van der Waals surface area contributed by atoms with Crippen molar-refractivity contribution in [1.82, 2.24) is 4.90 Å². The van der Waals surface area contributed by atoms with Gasteiger partial charge in [-0.3, -0.25) is 4.90 Å². The molecule has 0 aliphatic carbocycles. The minimum Gasteiger partial charge on any atom is -0.389 e. The number of likely N-dealkylation sites (N-methyl/N-ethyl adjacent to an activating group) is 1. The second kappa shape index (κ2) is 9.04. The zero-order valence-electron chi connectivity index (χ0n) is 12.1. The largest absolute Gasteiger partial charge is 0.389 e. The van der Waals surface area contributed by atoms with E-state index in [2.05, 4.69) is 11.8 Å². The molecule has 0 bridgehead atoms. The topological polar surface area (TPSA) is 41.9 Å². The van der Waals surface area contributed by atoms with E-state index in [9.17, 15) is 5.11 Å². The van der Waals surface area contributed by atoms with Gasteiger partial charge in [-0.15, -0.1) is 0 Å². The quantitative estimate of drug-likeness (QED) is 0.737. The van der Waals surface area contributed by atoms with Crippen molar-refractivity contribution in [2.24, 2.45) is 0 Å². The zero-order chi connectivity index (χ0) is 14.1. The fourth-order valence-electron chi connectivity index (χ4n) is 1.82. The Morgan fingerprint density at radius 3 is 2.53 bits per heavy atom. The molecule has 1 rings (SSSR count). The summed E-state index contributed by atoms with van der Waals surface area (Å²) in [5, 5.41) is 9.91. The summed E-state index contributed by atoms with van der Waals surface area (Å²) in [6.45, 7) is 4.20. The lowest BCUT2D eigenvalue weighted by Gasteiger charge is -2.26. The van der Waals surface area contributed by atoms with Gasteiger partial charge in [0.2, 0.25) is 0 Å². The van der Waals surface area contributed by atoms with Crippen LogP contribution in [0.5, 0.6) is 0 Å². The molecule has 1 aromatic rings. The molecule has 0 saturated heterocycles. The molecule has 0 radical (unpaired) electrons. The van der Waals surface area contributed by atoms with Gasteiger partial charge in [-0.1, -0.05) is 30.3 Å². The Hall–Kier alpha value is -0.940. The predicted octanol–water partition coefficient (Wildman–Crippen LogP) is 1.53. The molecule has 0 fully saturated rings. The summed E-state index contributed by atoms with van der Waals surface area (Å²) < 4.78 is 10.6. The average molecular weight is 267 g/mol. The highest BCUT2D eigenvalue weighted by atomic mass is 16.5. The highest BCUT2D eigenvalue weighted by Gasteiger charge is 2.13. The highest BCUT2D eigenvalue weighted by Crippen LogP contribution is 2.02. The molecule has 4 nitrogen and oxygen atoms in total. The number of hydrogen-bond donors (Lipinski definition) is 1. The fourth-order valence-corrected chi connectivity index (χ4v) is 1.82. The fraction of sp³-hybridized carbons (Fsp3) is 0.600. The van der Waals surface area contributed by atoms with Gasteiger partial charge in [0.05, 0.1) is 25.9 Å². The SMILES string of the molecule is COCC(C)N(C)CC(O)COCc1ccccc1. The summed E-state index contributed by atoms with van der Waals surface area (Å²) in [7, 11) is 3.66. The summed E-state index contributed by atoms with van der Waals surface area (Å²) in [5.74, 6) is 0. The number of hydrogen-bond acceptors (Lipinski definition) is 4. The molecular formula is C15H25NO3. The lowest BCUT2D eigenvalue weighted by Crippen LogP contribution is -2.39. The second-order valence-electron chi connectivity index (χ2n) is 4.90. The van der Waals surface area contributed by atoms with Crippen molar-refractivity contribution in [2.75, 3.05) is 33.9 Å². The van der Waals surface area contributed by atoms with Crippen LogP contribution in [0.3, 0.4) is 0 Å². The number of ether oxygens (including phenoxy) is 2. The number of aliphatic hydroxyl groups excluding tert-OH is 1. The van der Waals surface area contributed by atoms with Crippen molar-refractivity contribution in [3.8, 4) is 0 Å². The van der Waals surface area contributed by atoms with Crippen LogP contribution in [0.2, 0.25) is 0 Å². The Bertz CT molecular complexity index is 331. The molecule has 2 atom stereocenters. The summed E-state index contributed by atoms with van der Waals surface area (Å²) >= 11 is 0. The lowest BCUT2D eigenvalue weighted by atomic mass is 10.2. The van der Waals surface area contributed by atoms with Crippen molar-refractivity contribution in [1.29, 1.82) is 0 Å². The molecular weight excluding hydrogens is 242 g/mol. The van der Waals surface area contributed by atoms with Gasteiger partial charge in [0.15, 0.2) is 0 Å². The molecule has 0 amide bonds.